The SMILES string of the molecule is CCCCOc1cccc(C2c3c(oc4ccc(C)cc4c3=O)C(=O)N2Cc2ccc(OC)cc2)c1. The molecule has 4 aromatic rings. The number of nitrogens with zero attached hydrogens (tertiary/aromatic N) is 1. The second-order valence-electron chi connectivity index (χ2n) is 9.13. The fourth-order valence-corrected chi connectivity index (χ4v) is 4.68. The molecule has 0 saturated heterocycles. The molecule has 1 aliphatic rings. The molecule has 1 amide bonds. The molecule has 184 valence electrons. The van der Waals surface area contributed by atoms with Gasteiger partial charge in [0.25, 0.3) is 5.91 Å². The van der Waals surface area contributed by atoms with Gasteiger partial charge in [0, 0.05) is 6.54 Å². The lowest BCUT2D eigenvalue weighted by atomic mass is 9.97. The highest BCUT2D eigenvalue weighted by Crippen LogP contribution is 2.40. The maximum atomic E-state index is 13.8. The van der Waals surface area contributed by atoms with Crippen LogP contribution in [0.1, 0.15) is 58.6 Å². The third-order valence-electron chi connectivity index (χ3n) is 6.57. The van der Waals surface area contributed by atoms with Gasteiger partial charge in [-0.1, -0.05) is 49.2 Å². The van der Waals surface area contributed by atoms with Crippen LogP contribution in [0.5, 0.6) is 11.5 Å². The van der Waals surface area contributed by atoms with E-state index in [4.69, 9.17) is 13.9 Å². The Bertz CT molecular complexity index is 1470. The van der Waals surface area contributed by atoms with Gasteiger partial charge < -0.3 is 18.8 Å². The summed E-state index contributed by atoms with van der Waals surface area (Å²) in [6.45, 7) is 4.97. The molecule has 1 aromatic heterocycles. The number of hydrogen-bond acceptors (Lipinski definition) is 5. The monoisotopic (exact) mass is 483 g/mol. The first kappa shape index (κ1) is 23.7. The molecular weight excluding hydrogens is 454 g/mol. The van der Waals surface area contributed by atoms with Gasteiger partial charge in [-0.2, -0.15) is 0 Å². The van der Waals surface area contributed by atoms with Gasteiger partial charge in [-0.15, -0.1) is 0 Å². The van der Waals surface area contributed by atoms with Crippen molar-refractivity contribution in [3.63, 3.8) is 0 Å². The molecule has 0 spiro atoms. The Morgan fingerprint density at radius 1 is 0.972 bits per heavy atom. The van der Waals surface area contributed by atoms with Gasteiger partial charge >= 0.3 is 0 Å². The number of benzene rings is 3. The zero-order valence-corrected chi connectivity index (χ0v) is 20.7. The maximum absolute atomic E-state index is 13.8. The van der Waals surface area contributed by atoms with E-state index in [0.29, 0.717) is 35.4 Å². The number of methoxy groups -OCH3 is 1. The first-order valence-electron chi connectivity index (χ1n) is 12.2. The van der Waals surface area contributed by atoms with Gasteiger partial charge in [-0.25, -0.2) is 0 Å². The number of rotatable bonds is 8. The molecule has 1 atom stereocenters. The van der Waals surface area contributed by atoms with Crippen molar-refractivity contribution in [3.05, 3.63) is 105 Å². The van der Waals surface area contributed by atoms with Crippen molar-refractivity contribution >= 4 is 16.9 Å². The Morgan fingerprint density at radius 3 is 2.53 bits per heavy atom. The Morgan fingerprint density at radius 2 is 1.78 bits per heavy atom. The number of carbonyl (C=O) groups excluding carboxylic acids is 1. The number of amides is 1. The Labute approximate surface area is 210 Å². The van der Waals surface area contributed by atoms with Gasteiger partial charge in [0.1, 0.15) is 17.1 Å². The quantitative estimate of drug-likeness (QED) is 0.286. The van der Waals surface area contributed by atoms with Crippen LogP contribution in [0.25, 0.3) is 11.0 Å². The zero-order valence-electron chi connectivity index (χ0n) is 20.7. The molecule has 0 aliphatic carbocycles. The number of carbonyl (C=O) groups is 1. The number of hydrogen-bond donors (Lipinski definition) is 0. The van der Waals surface area contributed by atoms with Crippen molar-refractivity contribution < 1.29 is 18.7 Å². The van der Waals surface area contributed by atoms with Crippen LogP contribution in [0, 0.1) is 6.92 Å². The summed E-state index contributed by atoms with van der Waals surface area (Å²) in [4.78, 5) is 29.2. The van der Waals surface area contributed by atoms with Crippen molar-refractivity contribution in [2.45, 2.75) is 39.3 Å². The molecule has 1 unspecified atom stereocenters. The third-order valence-corrected chi connectivity index (χ3v) is 6.57. The molecule has 3 aromatic carbocycles. The van der Waals surface area contributed by atoms with Crippen LogP contribution in [-0.2, 0) is 6.54 Å². The molecule has 1 aliphatic heterocycles. The third kappa shape index (κ3) is 4.35. The predicted molar refractivity (Wildman–Crippen MR) is 139 cm³/mol. The van der Waals surface area contributed by atoms with Gasteiger partial charge in [-0.05, 0) is 60.9 Å². The Balaban J connectivity index is 1.63. The Hall–Kier alpha value is -4.06. The lowest BCUT2D eigenvalue weighted by molar-refractivity contribution is 0.0714. The van der Waals surface area contributed by atoms with Gasteiger partial charge in [0.05, 0.1) is 30.7 Å². The first-order valence-corrected chi connectivity index (χ1v) is 12.2. The highest BCUT2D eigenvalue weighted by molar-refractivity contribution is 5.99. The minimum atomic E-state index is -0.592. The molecule has 5 rings (SSSR count). The highest BCUT2D eigenvalue weighted by Gasteiger charge is 2.42. The fourth-order valence-electron chi connectivity index (χ4n) is 4.68. The van der Waals surface area contributed by atoms with E-state index in [9.17, 15) is 9.59 Å². The summed E-state index contributed by atoms with van der Waals surface area (Å²) >= 11 is 0. The molecule has 0 N–H and O–H groups in total. The average Bonchev–Trinajstić information content (AvgIpc) is 3.17. The summed E-state index contributed by atoms with van der Waals surface area (Å²) in [7, 11) is 1.62. The molecule has 36 heavy (non-hydrogen) atoms. The van der Waals surface area contributed by atoms with E-state index >= 15 is 0 Å². The molecule has 0 fully saturated rings. The van der Waals surface area contributed by atoms with E-state index in [1.807, 2.05) is 67.6 Å². The lowest BCUT2D eigenvalue weighted by Crippen LogP contribution is -2.29. The van der Waals surface area contributed by atoms with E-state index < -0.39 is 6.04 Å². The molecule has 0 radical (unpaired) electrons. The molecule has 6 heteroatoms. The van der Waals surface area contributed by atoms with Crippen LogP contribution >= 0.6 is 0 Å². The van der Waals surface area contributed by atoms with E-state index in [2.05, 4.69) is 6.92 Å². The predicted octanol–water partition coefficient (Wildman–Crippen LogP) is 6.03. The summed E-state index contributed by atoms with van der Waals surface area (Å²) in [5, 5.41) is 0.480. The number of unbranched alkanes of at least 4 members (excludes halogenated alkanes) is 1. The van der Waals surface area contributed by atoms with E-state index in [-0.39, 0.29) is 17.1 Å². The first-order chi connectivity index (χ1) is 17.5. The molecule has 2 heterocycles. The van der Waals surface area contributed by atoms with Crippen molar-refractivity contribution in [2.24, 2.45) is 0 Å². The second kappa shape index (κ2) is 9.90. The standard InChI is InChI=1S/C30H29NO5/c1-4-5-15-35-23-8-6-7-21(17-23)27-26-28(32)24-16-19(2)9-14-25(24)36-29(26)30(33)31(27)18-20-10-12-22(34-3)13-11-20/h6-14,16-17,27H,4-5,15,18H2,1-3H3. The van der Waals surface area contributed by atoms with Gasteiger partial charge in [0.15, 0.2) is 5.43 Å². The zero-order chi connectivity index (χ0) is 25.2. The summed E-state index contributed by atoms with van der Waals surface area (Å²) < 4.78 is 17.3. The van der Waals surface area contributed by atoms with Gasteiger partial charge in [-0.3, -0.25) is 9.59 Å². The van der Waals surface area contributed by atoms with Crippen LogP contribution in [0.15, 0.2) is 75.9 Å². The maximum Gasteiger partial charge on any atom is 0.291 e. The van der Waals surface area contributed by atoms with Gasteiger partial charge in [0.2, 0.25) is 5.76 Å². The lowest BCUT2D eigenvalue weighted by Gasteiger charge is -2.25. The number of ether oxygens (including phenoxy) is 2. The summed E-state index contributed by atoms with van der Waals surface area (Å²) in [6.07, 6.45) is 1.99. The molecule has 0 saturated carbocycles. The largest absolute Gasteiger partial charge is 0.497 e. The second-order valence-corrected chi connectivity index (χ2v) is 9.13. The van der Waals surface area contributed by atoms with Crippen LogP contribution in [0.3, 0.4) is 0 Å². The van der Waals surface area contributed by atoms with Crippen LogP contribution < -0.4 is 14.9 Å². The molecule has 0 bridgehead atoms. The minimum Gasteiger partial charge on any atom is -0.497 e. The molecule has 6 nitrogen and oxygen atoms in total. The van der Waals surface area contributed by atoms with Crippen LogP contribution in [0.2, 0.25) is 0 Å². The summed E-state index contributed by atoms with van der Waals surface area (Å²) in [6, 6.07) is 20.1. The van der Waals surface area contributed by atoms with Crippen LogP contribution in [0.4, 0.5) is 0 Å². The number of fused-ring (bicyclic) bond motifs is 2. The fraction of sp³-hybridized carbons (Fsp3) is 0.267. The van der Waals surface area contributed by atoms with Crippen LogP contribution in [-0.4, -0.2) is 24.5 Å². The number of aryl methyl sites for hydroxylation is 1. The smallest absolute Gasteiger partial charge is 0.291 e. The summed E-state index contributed by atoms with van der Waals surface area (Å²) in [5.74, 6) is 1.25. The van der Waals surface area contributed by atoms with Crippen molar-refractivity contribution in [2.75, 3.05) is 13.7 Å². The minimum absolute atomic E-state index is 0.104. The van der Waals surface area contributed by atoms with Crippen molar-refractivity contribution in [1.29, 1.82) is 0 Å². The van der Waals surface area contributed by atoms with Crippen molar-refractivity contribution in [3.8, 4) is 11.5 Å². The average molecular weight is 484 g/mol. The highest BCUT2D eigenvalue weighted by atomic mass is 16.5. The Kier molecular flexibility index (Phi) is 6.51. The van der Waals surface area contributed by atoms with E-state index in [0.717, 1.165) is 35.3 Å². The van der Waals surface area contributed by atoms with Crippen molar-refractivity contribution in [1.82, 2.24) is 4.90 Å². The van der Waals surface area contributed by atoms with E-state index in [1.165, 1.54) is 0 Å². The summed E-state index contributed by atoms with van der Waals surface area (Å²) in [5.41, 5.74) is 3.30. The van der Waals surface area contributed by atoms with E-state index in [1.54, 1.807) is 18.1 Å². The topological polar surface area (TPSA) is 69.0 Å². The molecular formula is C30H29NO5. The normalized spacial score (nSPS) is 14.8.